The Labute approximate surface area is 156 Å². The number of ether oxygens (including phenoxy) is 1. The molecule has 0 aromatic carbocycles. The fourth-order valence-corrected chi connectivity index (χ4v) is 4.10. The van der Waals surface area contributed by atoms with E-state index in [4.69, 9.17) is 10.5 Å². The van der Waals surface area contributed by atoms with E-state index < -0.39 is 30.4 Å². The molecule has 2 fully saturated rings. The van der Waals surface area contributed by atoms with Gasteiger partial charge in [-0.15, -0.1) is 0 Å². The Bertz CT molecular complexity index is 468. The normalized spacial score (nSPS) is 26.5. The number of hydrogen-bond acceptors (Lipinski definition) is 5. The molecule has 2 aliphatic rings. The molecule has 7 nitrogen and oxygen atoms in total. The lowest BCUT2D eigenvalue weighted by atomic mass is 9.83. The fraction of sp³-hybridized carbons (Fsp3) is 0.895. The number of unbranched alkanes of at least 4 members (excludes halogenated alkanes) is 1. The number of nitrogens with one attached hydrogen (secondary N) is 1. The maximum Gasteiger partial charge on any atom is 0.411 e. The van der Waals surface area contributed by atoms with E-state index in [0.717, 1.165) is 25.7 Å². The molecule has 0 spiro atoms. The molecule has 4 atom stereocenters. The highest BCUT2D eigenvalue weighted by molar-refractivity contribution is 5.88. The summed E-state index contributed by atoms with van der Waals surface area (Å²) in [5.74, 6) is 0.227. The van der Waals surface area contributed by atoms with Gasteiger partial charge in [0, 0.05) is 19.1 Å². The number of amides is 2. The molecule has 1 saturated heterocycles. The summed E-state index contributed by atoms with van der Waals surface area (Å²) in [6.07, 6.45) is 5.96. The van der Waals surface area contributed by atoms with E-state index in [1.807, 2.05) is 6.92 Å². The molecule has 0 aromatic heterocycles. The third-order valence-corrected chi connectivity index (χ3v) is 5.66. The zero-order valence-electron chi connectivity index (χ0n) is 16.2. The Morgan fingerprint density at radius 1 is 1.35 bits per heavy atom. The Morgan fingerprint density at radius 3 is 2.65 bits per heavy atom. The molecule has 0 unspecified atom stereocenters. The van der Waals surface area contributed by atoms with Crippen LogP contribution < -0.4 is 11.1 Å². The summed E-state index contributed by atoms with van der Waals surface area (Å²) in [5, 5.41) is 13.6. The van der Waals surface area contributed by atoms with Gasteiger partial charge < -0.3 is 20.9 Å². The van der Waals surface area contributed by atoms with E-state index in [9.17, 15) is 14.7 Å². The van der Waals surface area contributed by atoms with Crippen LogP contribution in [0.1, 0.15) is 65.2 Å². The average molecular weight is 370 g/mol. The van der Waals surface area contributed by atoms with Crippen LogP contribution >= 0.6 is 0 Å². The summed E-state index contributed by atoms with van der Waals surface area (Å²) in [6.45, 7) is 4.74. The molecule has 26 heavy (non-hydrogen) atoms. The number of cyclic esters (lactones) is 1. The lowest BCUT2D eigenvalue weighted by molar-refractivity contribution is -0.128. The maximum absolute atomic E-state index is 12.6. The SMILES string of the molecule is CCCCNC(=O)[C@H]1[C@@H]([C@H](O)[C@@H](N)CC2CCCCC2)OC(=O)N1CC. The Balaban J connectivity index is 2.02. The summed E-state index contributed by atoms with van der Waals surface area (Å²) in [7, 11) is 0. The maximum atomic E-state index is 12.6. The van der Waals surface area contributed by atoms with Crippen LogP contribution in [0.2, 0.25) is 0 Å². The Morgan fingerprint density at radius 2 is 2.04 bits per heavy atom. The van der Waals surface area contributed by atoms with Gasteiger partial charge in [-0.1, -0.05) is 45.4 Å². The van der Waals surface area contributed by atoms with E-state index in [0.29, 0.717) is 25.4 Å². The Kier molecular flexibility index (Phi) is 8.15. The van der Waals surface area contributed by atoms with Crippen molar-refractivity contribution in [2.75, 3.05) is 13.1 Å². The van der Waals surface area contributed by atoms with Gasteiger partial charge in [-0.3, -0.25) is 9.69 Å². The first kappa shape index (κ1) is 21.0. The van der Waals surface area contributed by atoms with Crippen molar-refractivity contribution in [2.24, 2.45) is 11.7 Å². The third-order valence-electron chi connectivity index (χ3n) is 5.66. The first-order valence-corrected chi connectivity index (χ1v) is 10.2. The van der Waals surface area contributed by atoms with Gasteiger partial charge in [0.2, 0.25) is 5.91 Å². The first-order valence-electron chi connectivity index (χ1n) is 10.2. The number of nitrogens with two attached hydrogens (primary N) is 1. The molecule has 4 N–H and O–H groups in total. The highest BCUT2D eigenvalue weighted by Gasteiger charge is 2.50. The molecule has 0 bridgehead atoms. The molecule has 0 radical (unpaired) electrons. The number of aliphatic hydroxyl groups excluding tert-OH is 1. The van der Waals surface area contributed by atoms with Crippen molar-refractivity contribution in [3.63, 3.8) is 0 Å². The van der Waals surface area contributed by atoms with Crippen LogP contribution in [0.3, 0.4) is 0 Å². The third kappa shape index (κ3) is 5.10. The van der Waals surface area contributed by atoms with Crippen LogP contribution in [0.5, 0.6) is 0 Å². The number of carbonyl (C=O) groups is 2. The second kappa shape index (κ2) is 10.1. The predicted molar refractivity (Wildman–Crippen MR) is 99.5 cm³/mol. The van der Waals surface area contributed by atoms with Crippen molar-refractivity contribution in [2.45, 2.75) is 89.5 Å². The quantitative estimate of drug-likeness (QED) is 0.537. The fourth-order valence-electron chi connectivity index (χ4n) is 4.10. The zero-order valence-corrected chi connectivity index (χ0v) is 16.2. The minimum atomic E-state index is -1.04. The van der Waals surface area contributed by atoms with E-state index >= 15 is 0 Å². The zero-order chi connectivity index (χ0) is 19.1. The second-order valence-corrected chi connectivity index (χ2v) is 7.62. The topological polar surface area (TPSA) is 105 Å². The lowest BCUT2D eigenvalue weighted by Crippen LogP contribution is -2.55. The molecule has 1 heterocycles. The van der Waals surface area contributed by atoms with Gasteiger partial charge in [0.25, 0.3) is 0 Å². The second-order valence-electron chi connectivity index (χ2n) is 7.62. The van der Waals surface area contributed by atoms with Crippen molar-refractivity contribution in [3.8, 4) is 0 Å². The van der Waals surface area contributed by atoms with Crippen LogP contribution in [0.15, 0.2) is 0 Å². The van der Waals surface area contributed by atoms with Crippen molar-refractivity contribution in [3.05, 3.63) is 0 Å². The van der Waals surface area contributed by atoms with Crippen LogP contribution in [0, 0.1) is 5.92 Å². The summed E-state index contributed by atoms with van der Waals surface area (Å²) in [4.78, 5) is 26.2. The molecular weight excluding hydrogens is 334 g/mol. The number of likely N-dealkylation sites (N-methyl/N-ethyl adjacent to an activating group) is 1. The molecule has 1 aliphatic heterocycles. The highest BCUT2D eigenvalue weighted by Crippen LogP contribution is 2.30. The van der Waals surface area contributed by atoms with Crippen molar-refractivity contribution in [1.29, 1.82) is 0 Å². The number of nitrogens with zero attached hydrogens (tertiary/aromatic N) is 1. The minimum Gasteiger partial charge on any atom is -0.440 e. The summed E-state index contributed by atoms with van der Waals surface area (Å²) in [5.41, 5.74) is 6.25. The van der Waals surface area contributed by atoms with Crippen molar-refractivity contribution in [1.82, 2.24) is 10.2 Å². The smallest absolute Gasteiger partial charge is 0.411 e. The van der Waals surface area contributed by atoms with Gasteiger partial charge in [0.15, 0.2) is 12.1 Å². The van der Waals surface area contributed by atoms with Crippen molar-refractivity contribution < 1.29 is 19.4 Å². The molecular formula is C19H35N3O4. The summed E-state index contributed by atoms with van der Waals surface area (Å²) < 4.78 is 5.37. The van der Waals surface area contributed by atoms with Crippen molar-refractivity contribution >= 4 is 12.0 Å². The predicted octanol–water partition coefficient (Wildman–Crippen LogP) is 1.77. The van der Waals surface area contributed by atoms with E-state index in [1.54, 1.807) is 6.92 Å². The van der Waals surface area contributed by atoms with Gasteiger partial charge in [0.05, 0.1) is 0 Å². The molecule has 1 saturated carbocycles. The number of aliphatic hydroxyl groups is 1. The molecule has 2 amide bonds. The first-order chi connectivity index (χ1) is 12.5. The molecule has 150 valence electrons. The van der Waals surface area contributed by atoms with E-state index in [-0.39, 0.29) is 5.91 Å². The van der Waals surface area contributed by atoms with Gasteiger partial charge in [0.1, 0.15) is 6.10 Å². The van der Waals surface area contributed by atoms with Crippen LogP contribution in [-0.2, 0) is 9.53 Å². The van der Waals surface area contributed by atoms with E-state index in [2.05, 4.69) is 5.32 Å². The average Bonchev–Trinajstić information content (AvgIpc) is 2.98. The Hall–Kier alpha value is -1.34. The molecule has 7 heteroatoms. The molecule has 1 aliphatic carbocycles. The van der Waals surface area contributed by atoms with Crippen LogP contribution in [0.4, 0.5) is 4.79 Å². The van der Waals surface area contributed by atoms with Crippen LogP contribution in [0.25, 0.3) is 0 Å². The standard InChI is InChI=1S/C19H35N3O4/c1-3-5-11-21-18(24)15-17(26-19(25)22(15)4-2)16(23)14(20)12-13-9-7-6-8-10-13/h13-17,23H,3-12,20H2,1-2H3,(H,21,24)/t14-,15+,16+,17-/m0/s1. The molecule has 0 aromatic rings. The summed E-state index contributed by atoms with van der Waals surface area (Å²) >= 11 is 0. The largest absolute Gasteiger partial charge is 0.440 e. The molecule has 2 rings (SSSR count). The van der Waals surface area contributed by atoms with Gasteiger partial charge in [-0.2, -0.15) is 0 Å². The monoisotopic (exact) mass is 369 g/mol. The highest BCUT2D eigenvalue weighted by atomic mass is 16.6. The van der Waals surface area contributed by atoms with Gasteiger partial charge in [-0.05, 0) is 25.7 Å². The minimum absolute atomic E-state index is 0.278. The van der Waals surface area contributed by atoms with Gasteiger partial charge in [-0.25, -0.2) is 4.79 Å². The number of carbonyl (C=O) groups excluding carboxylic acids is 2. The number of rotatable bonds is 9. The summed E-state index contributed by atoms with van der Waals surface area (Å²) in [6, 6.07) is -1.32. The van der Waals surface area contributed by atoms with E-state index in [1.165, 1.54) is 24.2 Å². The van der Waals surface area contributed by atoms with Gasteiger partial charge >= 0.3 is 6.09 Å². The number of hydrogen-bond donors (Lipinski definition) is 3. The lowest BCUT2D eigenvalue weighted by Gasteiger charge is -2.31. The van der Waals surface area contributed by atoms with Crippen LogP contribution in [-0.4, -0.2) is 59.4 Å².